The lowest BCUT2D eigenvalue weighted by Crippen LogP contribution is -2.32. The molecule has 1 fully saturated rings. The van der Waals surface area contributed by atoms with Crippen LogP contribution in [-0.2, 0) is 0 Å². The average molecular weight is 292 g/mol. The molecule has 0 spiro atoms. The Labute approximate surface area is 111 Å². The third-order valence-electron chi connectivity index (χ3n) is 2.39. The van der Waals surface area contributed by atoms with Crippen molar-refractivity contribution < 1.29 is 22.7 Å². The maximum atomic E-state index is 12.2. The number of urea groups is 1. The Morgan fingerprint density at radius 3 is 2.74 bits per heavy atom. The van der Waals surface area contributed by atoms with Gasteiger partial charge in [-0.15, -0.1) is 24.9 Å². The molecule has 0 saturated carbocycles. The minimum atomic E-state index is -4.79. The summed E-state index contributed by atoms with van der Waals surface area (Å²) in [5, 5.41) is 2.42. The molecule has 1 aromatic rings. The van der Waals surface area contributed by atoms with E-state index >= 15 is 0 Å². The zero-order valence-corrected chi connectivity index (χ0v) is 10.6. The van der Waals surface area contributed by atoms with Gasteiger partial charge in [0.2, 0.25) is 0 Å². The molecule has 0 atom stereocenters. The van der Waals surface area contributed by atoms with E-state index in [4.69, 9.17) is 0 Å². The number of hydrogen-bond donors (Lipinski definition) is 1. The number of para-hydroxylation sites is 2. The Hall–Kier alpha value is -1.57. The van der Waals surface area contributed by atoms with Crippen LogP contribution in [0.3, 0.4) is 0 Å². The summed E-state index contributed by atoms with van der Waals surface area (Å²) in [4.78, 5) is 13.3. The molecule has 1 aromatic carbocycles. The van der Waals surface area contributed by atoms with Gasteiger partial charge in [0.25, 0.3) is 0 Å². The molecule has 0 aromatic heterocycles. The van der Waals surface area contributed by atoms with Gasteiger partial charge in [-0.25, -0.2) is 4.79 Å². The summed E-state index contributed by atoms with van der Waals surface area (Å²) < 4.78 is 40.5. The number of amides is 2. The van der Waals surface area contributed by atoms with Crippen LogP contribution < -0.4 is 10.1 Å². The number of hydrogen-bond acceptors (Lipinski definition) is 3. The van der Waals surface area contributed by atoms with E-state index in [2.05, 4.69) is 10.1 Å². The SMILES string of the molecule is O=C(Nc1ccccc1OC(F)(F)F)N1CCSC1. The Balaban J connectivity index is 2.09. The first-order valence-corrected chi connectivity index (χ1v) is 6.59. The fraction of sp³-hybridized carbons (Fsp3) is 0.364. The second-order valence-corrected chi connectivity index (χ2v) is 4.85. The summed E-state index contributed by atoms with van der Waals surface area (Å²) >= 11 is 1.59. The standard InChI is InChI=1S/C11H11F3N2O2S/c12-11(13,14)18-9-4-2-1-3-8(9)15-10(17)16-5-6-19-7-16/h1-4H,5-7H2,(H,15,17). The van der Waals surface area contributed by atoms with Crippen molar-refractivity contribution in [2.45, 2.75) is 6.36 Å². The van der Waals surface area contributed by atoms with Gasteiger partial charge in [-0.2, -0.15) is 0 Å². The number of benzene rings is 1. The van der Waals surface area contributed by atoms with Gasteiger partial charge >= 0.3 is 12.4 Å². The number of ether oxygens (including phenoxy) is 1. The van der Waals surface area contributed by atoms with Crippen molar-refractivity contribution in [2.24, 2.45) is 0 Å². The van der Waals surface area contributed by atoms with Crippen LogP contribution in [0.2, 0.25) is 0 Å². The molecule has 1 saturated heterocycles. The van der Waals surface area contributed by atoms with E-state index in [0.717, 1.165) is 11.8 Å². The number of nitrogens with one attached hydrogen (secondary N) is 1. The maximum Gasteiger partial charge on any atom is 0.573 e. The number of carbonyl (C=O) groups excluding carboxylic acids is 1. The van der Waals surface area contributed by atoms with Crippen molar-refractivity contribution in [3.05, 3.63) is 24.3 Å². The molecule has 4 nitrogen and oxygen atoms in total. The average Bonchev–Trinajstić information content (AvgIpc) is 2.83. The molecule has 1 heterocycles. The van der Waals surface area contributed by atoms with Crippen molar-refractivity contribution in [1.29, 1.82) is 0 Å². The molecule has 0 aliphatic carbocycles. The Bertz CT molecular complexity index is 461. The number of halogens is 3. The van der Waals surface area contributed by atoms with E-state index in [9.17, 15) is 18.0 Å². The van der Waals surface area contributed by atoms with Crippen molar-refractivity contribution in [2.75, 3.05) is 23.5 Å². The number of thioether (sulfide) groups is 1. The molecule has 2 amide bonds. The summed E-state index contributed by atoms with van der Waals surface area (Å²) in [5.74, 6) is 0.942. The van der Waals surface area contributed by atoms with E-state index < -0.39 is 18.1 Å². The monoisotopic (exact) mass is 292 g/mol. The van der Waals surface area contributed by atoms with Crippen molar-refractivity contribution in [3.63, 3.8) is 0 Å². The van der Waals surface area contributed by atoms with Gasteiger partial charge in [-0.1, -0.05) is 12.1 Å². The molecule has 2 rings (SSSR count). The van der Waals surface area contributed by atoms with E-state index in [1.54, 1.807) is 11.8 Å². The van der Waals surface area contributed by atoms with Gasteiger partial charge in [0.15, 0.2) is 5.75 Å². The van der Waals surface area contributed by atoms with E-state index in [1.165, 1.54) is 23.1 Å². The Kier molecular flexibility index (Phi) is 4.08. The van der Waals surface area contributed by atoms with Crippen LogP contribution in [0.15, 0.2) is 24.3 Å². The fourth-order valence-electron chi connectivity index (χ4n) is 1.55. The Morgan fingerprint density at radius 1 is 1.37 bits per heavy atom. The smallest absolute Gasteiger partial charge is 0.404 e. The second kappa shape index (κ2) is 5.60. The molecular weight excluding hydrogens is 281 g/mol. The third kappa shape index (κ3) is 3.95. The van der Waals surface area contributed by atoms with Gasteiger partial charge in [0.1, 0.15) is 0 Å². The van der Waals surface area contributed by atoms with Gasteiger partial charge < -0.3 is 15.0 Å². The molecule has 0 bridgehead atoms. The summed E-state index contributed by atoms with van der Waals surface area (Å²) in [6.45, 7) is 0.582. The number of alkyl halides is 3. The van der Waals surface area contributed by atoms with E-state index in [-0.39, 0.29) is 5.69 Å². The number of carbonyl (C=O) groups is 1. The van der Waals surface area contributed by atoms with Crippen molar-refractivity contribution in [3.8, 4) is 5.75 Å². The third-order valence-corrected chi connectivity index (χ3v) is 3.36. The van der Waals surface area contributed by atoms with Gasteiger partial charge in [-0.3, -0.25) is 0 Å². The molecule has 0 unspecified atom stereocenters. The maximum absolute atomic E-state index is 12.2. The predicted octanol–water partition coefficient (Wildman–Crippen LogP) is 3.12. The summed E-state index contributed by atoms with van der Waals surface area (Å²) in [5.41, 5.74) is 0.00160. The van der Waals surface area contributed by atoms with Crippen molar-refractivity contribution >= 4 is 23.5 Å². The van der Waals surface area contributed by atoms with Crippen LogP contribution in [0.4, 0.5) is 23.7 Å². The van der Waals surface area contributed by atoms with E-state index in [0.29, 0.717) is 12.4 Å². The quantitative estimate of drug-likeness (QED) is 0.910. The highest BCUT2D eigenvalue weighted by atomic mass is 32.2. The number of rotatable bonds is 2. The topological polar surface area (TPSA) is 41.6 Å². The largest absolute Gasteiger partial charge is 0.573 e. The van der Waals surface area contributed by atoms with Gasteiger partial charge in [0.05, 0.1) is 11.6 Å². The molecule has 104 valence electrons. The number of nitrogens with zero attached hydrogens (tertiary/aromatic N) is 1. The first-order valence-electron chi connectivity index (χ1n) is 5.44. The molecule has 1 aliphatic rings. The lowest BCUT2D eigenvalue weighted by molar-refractivity contribution is -0.274. The minimum Gasteiger partial charge on any atom is -0.404 e. The van der Waals surface area contributed by atoms with Crippen LogP contribution in [0, 0.1) is 0 Å². The molecule has 1 N–H and O–H groups in total. The van der Waals surface area contributed by atoms with Crippen LogP contribution in [0.1, 0.15) is 0 Å². The van der Waals surface area contributed by atoms with Crippen LogP contribution >= 0.6 is 11.8 Å². The first kappa shape index (κ1) is 13.9. The lowest BCUT2D eigenvalue weighted by atomic mass is 10.3. The molecule has 19 heavy (non-hydrogen) atoms. The summed E-state index contributed by atoms with van der Waals surface area (Å²) in [6, 6.07) is 5.02. The predicted molar refractivity (Wildman–Crippen MR) is 66.2 cm³/mol. The zero-order chi connectivity index (χ0) is 13.9. The summed E-state index contributed by atoms with van der Waals surface area (Å²) in [6.07, 6.45) is -4.79. The van der Waals surface area contributed by atoms with Crippen molar-refractivity contribution in [1.82, 2.24) is 4.90 Å². The lowest BCUT2D eigenvalue weighted by Gasteiger charge is -2.18. The Morgan fingerprint density at radius 2 is 2.11 bits per heavy atom. The highest BCUT2D eigenvalue weighted by molar-refractivity contribution is 7.99. The highest BCUT2D eigenvalue weighted by Gasteiger charge is 2.32. The zero-order valence-electron chi connectivity index (χ0n) is 9.74. The van der Waals surface area contributed by atoms with E-state index in [1.807, 2.05) is 0 Å². The molecular formula is C11H11F3N2O2S. The normalized spacial score (nSPS) is 15.4. The minimum absolute atomic E-state index is 0.00160. The second-order valence-electron chi connectivity index (χ2n) is 3.77. The van der Waals surface area contributed by atoms with Gasteiger partial charge in [-0.05, 0) is 12.1 Å². The first-order chi connectivity index (χ1) is 8.96. The molecule has 1 aliphatic heterocycles. The van der Waals surface area contributed by atoms with Crippen LogP contribution in [0.5, 0.6) is 5.75 Å². The van der Waals surface area contributed by atoms with Crippen LogP contribution in [0.25, 0.3) is 0 Å². The summed E-state index contributed by atoms with van der Waals surface area (Å²) in [7, 11) is 0. The van der Waals surface area contributed by atoms with Gasteiger partial charge in [0, 0.05) is 12.3 Å². The van der Waals surface area contributed by atoms with Crippen LogP contribution in [-0.4, -0.2) is 35.5 Å². The molecule has 8 heteroatoms. The fourth-order valence-corrected chi connectivity index (χ4v) is 2.50. The highest BCUT2D eigenvalue weighted by Crippen LogP contribution is 2.30. The molecule has 0 radical (unpaired) electrons. The number of anilines is 1.